The first kappa shape index (κ1) is 36.1. The Morgan fingerprint density at radius 3 is 2.59 bits per heavy atom. The summed E-state index contributed by atoms with van der Waals surface area (Å²) in [5.41, 5.74) is 21.8. The van der Waals surface area contributed by atoms with Crippen molar-refractivity contribution < 1.29 is 0 Å². The third-order valence-corrected chi connectivity index (χ3v) is 15.2. The molecule has 0 amide bonds. The highest BCUT2D eigenvalue weighted by atomic mass is 32.2. The molecule has 2 heterocycles. The van der Waals surface area contributed by atoms with Gasteiger partial charge in [-0.3, -0.25) is 0 Å². The average molecular weight is 753 g/mol. The van der Waals surface area contributed by atoms with Crippen molar-refractivity contribution in [2.75, 3.05) is 0 Å². The molecule has 0 fully saturated rings. The van der Waals surface area contributed by atoms with Gasteiger partial charge >= 0.3 is 0 Å². The van der Waals surface area contributed by atoms with Crippen LogP contribution in [0.2, 0.25) is 0 Å². The van der Waals surface area contributed by atoms with Crippen LogP contribution in [0.15, 0.2) is 150 Å². The second-order valence-corrected chi connectivity index (χ2v) is 18.3. The van der Waals surface area contributed by atoms with E-state index in [2.05, 4.69) is 150 Å². The van der Waals surface area contributed by atoms with Crippen molar-refractivity contribution in [1.82, 2.24) is 4.57 Å². The van der Waals surface area contributed by atoms with Gasteiger partial charge in [-0.1, -0.05) is 115 Å². The van der Waals surface area contributed by atoms with E-state index in [1.807, 2.05) is 0 Å². The van der Waals surface area contributed by atoms with Crippen molar-refractivity contribution >= 4 is 33.9 Å². The van der Waals surface area contributed by atoms with Crippen molar-refractivity contribution in [3.63, 3.8) is 0 Å². The highest BCUT2D eigenvalue weighted by molar-refractivity contribution is 8.00. The van der Waals surface area contributed by atoms with Gasteiger partial charge in [0, 0.05) is 38.9 Å². The topological polar surface area (TPSA) is 30.9 Å². The van der Waals surface area contributed by atoms with Gasteiger partial charge < -0.3 is 10.3 Å². The number of hydrogen-bond acceptors (Lipinski definition) is 2. The minimum atomic E-state index is 0.0435. The van der Waals surface area contributed by atoms with Gasteiger partial charge in [-0.25, -0.2) is 0 Å². The van der Waals surface area contributed by atoms with Crippen LogP contribution in [0.3, 0.4) is 0 Å². The Morgan fingerprint density at radius 1 is 0.804 bits per heavy atom. The lowest BCUT2D eigenvalue weighted by molar-refractivity contribution is 0.493. The maximum Gasteiger partial charge on any atom is 0.0534 e. The van der Waals surface area contributed by atoms with Crippen molar-refractivity contribution in [3.8, 4) is 0 Å². The van der Waals surface area contributed by atoms with Crippen molar-refractivity contribution in [2.45, 2.75) is 111 Å². The number of aromatic nitrogens is 1. The van der Waals surface area contributed by atoms with E-state index in [0.29, 0.717) is 23.0 Å². The normalized spacial score (nSPS) is 25.5. The number of fused-ring (bicyclic) bond motifs is 6. The lowest BCUT2D eigenvalue weighted by Gasteiger charge is -2.32. The van der Waals surface area contributed by atoms with Gasteiger partial charge in [0.15, 0.2) is 0 Å². The fourth-order valence-electron chi connectivity index (χ4n) is 10.9. The summed E-state index contributed by atoms with van der Waals surface area (Å²) in [4.78, 5) is 1.47. The molecule has 0 saturated heterocycles. The zero-order valence-electron chi connectivity index (χ0n) is 32.8. The van der Waals surface area contributed by atoms with Crippen LogP contribution in [-0.2, 0) is 12.8 Å². The molecule has 0 bridgehead atoms. The molecule has 1 aromatic heterocycles. The minimum Gasteiger partial charge on any atom is -0.324 e. The Morgan fingerprint density at radius 2 is 1.68 bits per heavy atom. The molecule has 5 aliphatic carbocycles. The largest absolute Gasteiger partial charge is 0.324 e. The fraction of sp³-hybridized carbons (Fsp3) is 0.358. The summed E-state index contributed by atoms with van der Waals surface area (Å²) in [6.45, 7) is 0. The summed E-state index contributed by atoms with van der Waals surface area (Å²) < 4.78 is 2.70. The molecule has 0 radical (unpaired) electrons. The summed E-state index contributed by atoms with van der Waals surface area (Å²) in [6.07, 6.45) is 39.6. The molecule has 1 aliphatic heterocycles. The number of nitrogens with two attached hydrogens (primary N) is 1. The van der Waals surface area contributed by atoms with Gasteiger partial charge in [-0.2, -0.15) is 0 Å². The first-order chi connectivity index (χ1) is 27.7. The van der Waals surface area contributed by atoms with E-state index in [0.717, 1.165) is 38.5 Å². The number of thioether (sulfide) groups is 1. The molecule has 3 aromatic carbocycles. The highest BCUT2D eigenvalue weighted by Gasteiger charge is 2.38. The SMILES string of the molecule is NC(CC(/C=C/C1CC=CCC1c1ccc2c(c1)c1c(n2C2=CCCC(C3CCC=C4c5ccccc5SC43)=C2)CCCC1)c1ccccc1)C1=CCCC=C1. The molecule has 6 atom stereocenters. The predicted molar refractivity (Wildman–Crippen MR) is 239 cm³/mol. The quantitative estimate of drug-likeness (QED) is 0.173. The smallest absolute Gasteiger partial charge is 0.0534 e. The molecule has 56 heavy (non-hydrogen) atoms. The van der Waals surface area contributed by atoms with Crippen molar-refractivity contribution in [1.29, 1.82) is 0 Å². The summed E-state index contributed by atoms with van der Waals surface area (Å²) in [7, 11) is 0. The number of hydrogen-bond donors (Lipinski definition) is 1. The Bertz CT molecular complexity index is 2330. The lowest BCUT2D eigenvalue weighted by Crippen LogP contribution is -2.25. The third-order valence-electron chi connectivity index (χ3n) is 13.8. The second-order valence-electron chi connectivity index (χ2n) is 17.2. The number of aryl methyl sites for hydroxylation is 1. The molecule has 284 valence electrons. The fourth-order valence-corrected chi connectivity index (χ4v) is 12.5. The Balaban J connectivity index is 0.950. The van der Waals surface area contributed by atoms with Gasteiger partial charge in [0.05, 0.1) is 5.52 Å². The van der Waals surface area contributed by atoms with E-state index in [4.69, 9.17) is 5.73 Å². The van der Waals surface area contributed by atoms with Crippen LogP contribution in [0.4, 0.5) is 0 Å². The first-order valence-electron chi connectivity index (χ1n) is 21.7. The maximum atomic E-state index is 6.88. The molecule has 0 spiro atoms. The van der Waals surface area contributed by atoms with Crippen LogP contribution in [0, 0.1) is 11.8 Å². The Hall–Kier alpha value is -4.31. The van der Waals surface area contributed by atoms with E-state index in [-0.39, 0.29) is 12.0 Å². The molecule has 6 unspecified atom stereocenters. The predicted octanol–water partition coefficient (Wildman–Crippen LogP) is 13.4. The van der Waals surface area contributed by atoms with Crippen molar-refractivity contribution in [3.05, 3.63) is 173 Å². The molecule has 10 rings (SSSR count). The standard InChI is InChI=1S/C53H56N2S/c54-49(38-18-5-2-6-19-38)35-39(36-15-3-1-4-16-36)30-29-37-17-7-8-22-43(37)41-31-32-51-48(34-41)45-23-9-11-27-50(45)55(51)42-21-13-20-40(33-42)44-25-14-26-47-46-24-10-12-28-52(46)56-53(44)47/h1,3-5,7-8,10,12,15-16,18-19,21,24,26,28-34,37,39,43-44,49,53H,2,6,9,11,13-14,17,20,22-23,25,27,35,54H2/b30-29+. The number of nitrogens with zero attached hydrogens (tertiary/aromatic N) is 1. The Kier molecular flexibility index (Phi) is 10.2. The van der Waals surface area contributed by atoms with Crippen molar-refractivity contribution in [2.24, 2.45) is 17.6 Å². The van der Waals surface area contributed by atoms with E-state index >= 15 is 0 Å². The van der Waals surface area contributed by atoms with Gasteiger partial charge in [0.25, 0.3) is 0 Å². The zero-order valence-corrected chi connectivity index (χ0v) is 33.6. The van der Waals surface area contributed by atoms with E-state index in [1.54, 1.807) is 22.4 Å². The van der Waals surface area contributed by atoms with E-state index < -0.39 is 0 Å². The molecular weight excluding hydrogens is 697 g/mol. The van der Waals surface area contributed by atoms with Gasteiger partial charge in [0.2, 0.25) is 0 Å². The van der Waals surface area contributed by atoms with E-state index in [9.17, 15) is 0 Å². The van der Waals surface area contributed by atoms with Crippen LogP contribution in [0.5, 0.6) is 0 Å². The first-order valence-corrected chi connectivity index (χ1v) is 22.6. The van der Waals surface area contributed by atoms with Gasteiger partial charge in [-0.05, 0) is 159 Å². The molecule has 0 saturated carbocycles. The molecular formula is C53H56N2S. The third kappa shape index (κ3) is 6.90. The monoisotopic (exact) mass is 752 g/mol. The zero-order chi connectivity index (χ0) is 37.4. The maximum absolute atomic E-state index is 6.88. The molecule has 4 aromatic rings. The minimum absolute atomic E-state index is 0.0435. The van der Waals surface area contributed by atoms with Crippen LogP contribution in [-0.4, -0.2) is 15.9 Å². The molecule has 2 N–H and O–H groups in total. The van der Waals surface area contributed by atoms with Crippen LogP contribution >= 0.6 is 11.8 Å². The van der Waals surface area contributed by atoms with Crippen LogP contribution < -0.4 is 5.73 Å². The van der Waals surface area contributed by atoms with E-state index in [1.165, 1.54) is 88.7 Å². The lowest BCUT2D eigenvalue weighted by atomic mass is 9.77. The summed E-state index contributed by atoms with van der Waals surface area (Å²) >= 11 is 2.12. The molecule has 6 aliphatic rings. The van der Waals surface area contributed by atoms with Crippen LogP contribution in [0.1, 0.15) is 110 Å². The van der Waals surface area contributed by atoms with Crippen LogP contribution in [0.25, 0.3) is 22.2 Å². The number of allylic oxidation sites excluding steroid dienone is 11. The summed E-state index contributed by atoms with van der Waals surface area (Å²) in [5.74, 6) is 1.84. The van der Waals surface area contributed by atoms with Gasteiger partial charge in [-0.15, -0.1) is 11.8 Å². The number of benzene rings is 3. The second kappa shape index (κ2) is 15.9. The molecule has 2 nitrogen and oxygen atoms in total. The number of rotatable bonds is 9. The molecule has 3 heteroatoms. The highest BCUT2D eigenvalue weighted by Crippen LogP contribution is 2.54. The van der Waals surface area contributed by atoms with Gasteiger partial charge in [0.1, 0.15) is 0 Å². The summed E-state index contributed by atoms with van der Waals surface area (Å²) in [5, 5.41) is 2.06. The Labute approximate surface area is 338 Å². The average Bonchev–Trinajstić information content (AvgIpc) is 3.81. The summed E-state index contributed by atoms with van der Waals surface area (Å²) in [6, 6.07) is 27.8.